The van der Waals surface area contributed by atoms with E-state index in [-0.39, 0.29) is 11.3 Å². The highest BCUT2D eigenvalue weighted by Gasteiger charge is 2.40. The number of hydrogen-bond acceptors (Lipinski definition) is 2. The molecule has 0 aromatic carbocycles. The van der Waals surface area contributed by atoms with E-state index < -0.39 is 0 Å². The van der Waals surface area contributed by atoms with Crippen molar-refractivity contribution in [2.75, 3.05) is 19.6 Å². The molecule has 3 nitrogen and oxygen atoms in total. The van der Waals surface area contributed by atoms with Crippen LogP contribution in [0.25, 0.3) is 0 Å². The van der Waals surface area contributed by atoms with Gasteiger partial charge in [-0.25, -0.2) is 0 Å². The van der Waals surface area contributed by atoms with Crippen molar-refractivity contribution in [3.8, 4) is 0 Å². The van der Waals surface area contributed by atoms with Crippen LogP contribution in [0.3, 0.4) is 0 Å². The van der Waals surface area contributed by atoms with Crippen LogP contribution >= 0.6 is 0 Å². The zero-order valence-electron chi connectivity index (χ0n) is 8.23. The van der Waals surface area contributed by atoms with Crippen molar-refractivity contribution in [2.45, 2.75) is 26.2 Å². The van der Waals surface area contributed by atoms with Crippen molar-refractivity contribution in [2.24, 2.45) is 11.3 Å². The molecule has 0 bridgehead atoms. The van der Waals surface area contributed by atoms with Gasteiger partial charge in [-0.15, -0.1) is 0 Å². The third-order valence-electron chi connectivity index (χ3n) is 3.58. The van der Waals surface area contributed by atoms with Crippen LogP contribution in [0.2, 0.25) is 0 Å². The molecule has 1 atom stereocenters. The summed E-state index contributed by atoms with van der Waals surface area (Å²) in [4.78, 5) is 11.2. The highest BCUT2D eigenvalue weighted by molar-refractivity contribution is 5.79. The largest absolute Gasteiger partial charge is 0.356 e. The summed E-state index contributed by atoms with van der Waals surface area (Å²) in [6.07, 6.45) is 3.19. The maximum absolute atomic E-state index is 11.2. The summed E-state index contributed by atoms with van der Waals surface area (Å²) in [6, 6.07) is 0. The van der Waals surface area contributed by atoms with Crippen LogP contribution in [0.1, 0.15) is 26.2 Å². The SMILES string of the molecule is CC1(C2CCNCC2)CNC(=O)C1. The molecule has 2 rings (SSSR count). The van der Waals surface area contributed by atoms with Gasteiger partial charge in [0.2, 0.25) is 5.91 Å². The zero-order valence-corrected chi connectivity index (χ0v) is 8.23. The maximum Gasteiger partial charge on any atom is 0.220 e. The second-order valence-corrected chi connectivity index (χ2v) is 4.63. The summed E-state index contributed by atoms with van der Waals surface area (Å²) in [5, 5.41) is 6.31. The number of piperidine rings is 1. The fraction of sp³-hybridized carbons (Fsp3) is 0.900. The lowest BCUT2D eigenvalue weighted by Gasteiger charge is -2.35. The molecule has 0 aliphatic carbocycles. The molecule has 3 heteroatoms. The third kappa shape index (κ3) is 1.70. The standard InChI is InChI=1S/C10H18N2O/c1-10(6-9(13)12-7-10)8-2-4-11-5-3-8/h8,11H,2-7H2,1H3,(H,12,13). The summed E-state index contributed by atoms with van der Waals surface area (Å²) in [6.45, 7) is 5.38. The summed E-state index contributed by atoms with van der Waals surface area (Å²) in [7, 11) is 0. The molecular weight excluding hydrogens is 164 g/mol. The van der Waals surface area contributed by atoms with Crippen LogP contribution in [0.15, 0.2) is 0 Å². The lowest BCUT2D eigenvalue weighted by Crippen LogP contribution is -2.38. The topological polar surface area (TPSA) is 41.1 Å². The Morgan fingerprint density at radius 1 is 1.38 bits per heavy atom. The van der Waals surface area contributed by atoms with Crippen molar-refractivity contribution < 1.29 is 4.79 Å². The molecule has 2 heterocycles. The Hall–Kier alpha value is -0.570. The van der Waals surface area contributed by atoms with E-state index in [2.05, 4.69) is 17.6 Å². The van der Waals surface area contributed by atoms with Crippen molar-refractivity contribution in [3.05, 3.63) is 0 Å². The number of carbonyl (C=O) groups excluding carboxylic acids is 1. The lowest BCUT2D eigenvalue weighted by atomic mass is 9.72. The average Bonchev–Trinajstić information content (AvgIpc) is 2.49. The number of amides is 1. The van der Waals surface area contributed by atoms with E-state index in [4.69, 9.17) is 0 Å². The number of carbonyl (C=O) groups is 1. The Kier molecular flexibility index (Phi) is 2.28. The molecule has 0 aromatic rings. The summed E-state index contributed by atoms with van der Waals surface area (Å²) in [5.74, 6) is 0.966. The van der Waals surface area contributed by atoms with E-state index in [1.54, 1.807) is 0 Å². The highest BCUT2D eigenvalue weighted by atomic mass is 16.1. The predicted molar refractivity (Wildman–Crippen MR) is 51.3 cm³/mol. The third-order valence-corrected chi connectivity index (χ3v) is 3.58. The van der Waals surface area contributed by atoms with E-state index in [0.717, 1.165) is 32.0 Å². The van der Waals surface area contributed by atoms with Gasteiger partial charge in [0.25, 0.3) is 0 Å². The molecule has 1 unspecified atom stereocenters. The van der Waals surface area contributed by atoms with Gasteiger partial charge in [0.05, 0.1) is 0 Å². The van der Waals surface area contributed by atoms with Gasteiger partial charge in [-0.05, 0) is 37.3 Å². The van der Waals surface area contributed by atoms with Crippen LogP contribution < -0.4 is 10.6 Å². The van der Waals surface area contributed by atoms with E-state index in [0.29, 0.717) is 0 Å². The Morgan fingerprint density at radius 2 is 2.08 bits per heavy atom. The monoisotopic (exact) mass is 182 g/mol. The first-order valence-corrected chi connectivity index (χ1v) is 5.18. The second kappa shape index (κ2) is 3.29. The van der Waals surface area contributed by atoms with Crippen molar-refractivity contribution >= 4 is 5.91 Å². The summed E-state index contributed by atoms with van der Waals surface area (Å²) >= 11 is 0. The number of rotatable bonds is 1. The molecule has 0 aromatic heterocycles. The minimum Gasteiger partial charge on any atom is -0.356 e. The van der Waals surface area contributed by atoms with Gasteiger partial charge in [-0.3, -0.25) is 4.79 Å². The lowest BCUT2D eigenvalue weighted by molar-refractivity contribution is -0.119. The van der Waals surface area contributed by atoms with Crippen LogP contribution in [0, 0.1) is 11.3 Å². The van der Waals surface area contributed by atoms with E-state index in [1.165, 1.54) is 12.8 Å². The first-order chi connectivity index (χ1) is 6.21. The summed E-state index contributed by atoms with van der Waals surface area (Å²) < 4.78 is 0. The normalized spacial score (nSPS) is 36.2. The van der Waals surface area contributed by atoms with E-state index in [9.17, 15) is 4.79 Å². The molecule has 1 amide bonds. The molecule has 2 fully saturated rings. The molecule has 0 saturated carbocycles. The van der Waals surface area contributed by atoms with Crippen LogP contribution in [0.5, 0.6) is 0 Å². The Balaban J connectivity index is 2.01. The van der Waals surface area contributed by atoms with Crippen LogP contribution in [-0.4, -0.2) is 25.5 Å². The van der Waals surface area contributed by atoms with E-state index in [1.807, 2.05) is 0 Å². The first-order valence-electron chi connectivity index (χ1n) is 5.18. The smallest absolute Gasteiger partial charge is 0.220 e. The van der Waals surface area contributed by atoms with Gasteiger partial charge in [0, 0.05) is 13.0 Å². The van der Waals surface area contributed by atoms with Crippen LogP contribution in [0.4, 0.5) is 0 Å². The number of nitrogens with one attached hydrogen (secondary N) is 2. The Bertz CT molecular complexity index is 211. The van der Waals surface area contributed by atoms with Crippen molar-refractivity contribution in [1.29, 1.82) is 0 Å². The summed E-state index contributed by atoms with van der Waals surface area (Å²) in [5.41, 5.74) is 0.235. The van der Waals surface area contributed by atoms with Gasteiger partial charge in [-0.2, -0.15) is 0 Å². The molecular formula is C10H18N2O. The molecule has 0 radical (unpaired) electrons. The molecule has 2 aliphatic heterocycles. The van der Waals surface area contributed by atoms with Gasteiger partial charge in [-0.1, -0.05) is 6.92 Å². The van der Waals surface area contributed by atoms with Gasteiger partial charge >= 0.3 is 0 Å². The predicted octanol–water partition coefficient (Wildman–Crippen LogP) is 0.512. The van der Waals surface area contributed by atoms with E-state index >= 15 is 0 Å². The van der Waals surface area contributed by atoms with Gasteiger partial charge in [0.15, 0.2) is 0 Å². The number of hydrogen-bond donors (Lipinski definition) is 2. The first kappa shape index (κ1) is 9.00. The average molecular weight is 182 g/mol. The van der Waals surface area contributed by atoms with Crippen molar-refractivity contribution in [1.82, 2.24) is 10.6 Å². The molecule has 74 valence electrons. The molecule has 0 spiro atoms. The minimum absolute atomic E-state index is 0.235. The van der Waals surface area contributed by atoms with Gasteiger partial charge < -0.3 is 10.6 Å². The molecule has 2 aliphatic rings. The molecule has 2 N–H and O–H groups in total. The maximum atomic E-state index is 11.2. The highest BCUT2D eigenvalue weighted by Crippen LogP contribution is 2.38. The molecule has 13 heavy (non-hydrogen) atoms. The van der Waals surface area contributed by atoms with Crippen molar-refractivity contribution in [3.63, 3.8) is 0 Å². The Labute approximate surface area is 79.3 Å². The van der Waals surface area contributed by atoms with Crippen LogP contribution in [-0.2, 0) is 4.79 Å². The fourth-order valence-corrected chi connectivity index (χ4v) is 2.60. The minimum atomic E-state index is 0.235. The zero-order chi connectivity index (χ0) is 9.31. The fourth-order valence-electron chi connectivity index (χ4n) is 2.60. The molecule has 2 saturated heterocycles. The quantitative estimate of drug-likeness (QED) is 0.620. The van der Waals surface area contributed by atoms with Gasteiger partial charge in [0.1, 0.15) is 0 Å². The second-order valence-electron chi connectivity index (χ2n) is 4.63. The Morgan fingerprint density at radius 3 is 2.62 bits per heavy atom.